The van der Waals surface area contributed by atoms with Gasteiger partial charge in [0.15, 0.2) is 0 Å². The quantitative estimate of drug-likeness (QED) is 0.697. The Hall–Kier alpha value is -1.02. The molecule has 0 saturated carbocycles. The van der Waals surface area contributed by atoms with Gasteiger partial charge in [0, 0.05) is 13.2 Å². The zero-order valence-corrected chi connectivity index (χ0v) is 9.41. The van der Waals surface area contributed by atoms with Gasteiger partial charge in [-0.1, -0.05) is 18.6 Å². The average Bonchev–Trinajstić information content (AvgIpc) is 2.26. The lowest BCUT2D eigenvalue weighted by Crippen LogP contribution is -1.93. The number of hydrogen-bond donors (Lipinski definition) is 1. The number of phenols is 1. The summed E-state index contributed by atoms with van der Waals surface area (Å²) in [6, 6.07) is 7.46. The highest BCUT2D eigenvalue weighted by atomic mass is 16.5. The minimum absolute atomic E-state index is 0.343. The van der Waals surface area contributed by atoms with Crippen molar-refractivity contribution in [3.8, 4) is 5.75 Å². The van der Waals surface area contributed by atoms with E-state index >= 15 is 0 Å². The van der Waals surface area contributed by atoms with E-state index in [4.69, 9.17) is 9.84 Å². The Morgan fingerprint density at radius 3 is 2.47 bits per heavy atom. The predicted octanol–water partition coefficient (Wildman–Crippen LogP) is 3.14. The summed E-state index contributed by atoms with van der Waals surface area (Å²) in [5, 5.41) is 9.11. The third-order valence-corrected chi connectivity index (χ3v) is 2.39. The van der Waals surface area contributed by atoms with Crippen molar-refractivity contribution in [1.29, 1.82) is 0 Å². The van der Waals surface area contributed by atoms with Crippen molar-refractivity contribution in [3.05, 3.63) is 29.8 Å². The molecule has 0 bridgehead atoms. The van der Waals surface area contributed by atoms with Gasteiger partial charge in [0.05, 0.1) is 0 Å². The van der Waals surface area contributed by atoms with Crippen molar-refractivity contribution in [1.82, 2.24) is 0 Å². The molecule has 15 heavy (non-hydrogen) atoms. The first-order chi connectivity index (χ1) is 7.33. The summed E-state index contributed by atoms with van der Waals surface area (Å²) in [5.74, 6) is 0.343. The number of aryl methyl sites for hydroxylation is 1. The predicted molar refractivity (Wildman–Crippen MR) is 62.2 cm³/mol. The highest BCUT2D eigenvalue weighted by Crippen LogP contribution is 2.12. The normalized spacial score (nSPS) is 10.5. The highest BCUT2D eigenvalue weighted by Gasteiger charge is 1.94. The van der Waals surface area contributed by atoms with E-state index in [1.165, 1.54) is 18.4 Å². The average molecular weight is 208 g/mol. The monoisotopic (exact) mass is 208 g/mol. The molecule has 0 aliphatic rings. The van der Waals surface area contributed by atoms with Crippen LogP contribution >= 0.6 is 0 Å². The van der Waals surface area contributed by atoms with Crippen LogP contribution in [0, 0.1) is 0 Å². The maximum atomic E-state index is 9.11. The third kappa shape index (κ3) is 5.43. The van der Waals surface area contributed by atoms with Gasteiger partial charge in [0.1, 0.15) is 5.75 Å². The lowest BCUT2D eigenvalue weighted by atomic mass is 10.1. The minimum Gasteiger partial charge on any atom is -0.508 e. The van der Waals surface area contributed by atoms with Gasteiger partial charge in [0.2, 0.25) is 0 Å². The molecule has 0 aliphatic carbocycles. The van der Waals surface area contributed by atoms with Crippen LogP contribution in [0.2, 0.25) is 0 Å². The number of ether oxygens (including phenoxy) is 1. The van der Waals surface area contributed by atoms with E-state index in [0.717, 1.165) is 26.1 Å². The zero-order chi connectivity index (χ0) is 10.9. The second-order valence-electron chi connectivity index (χ2n) is 3.67. The molecule has 1 rings (SSSR count). The number of phenolic OH excluding ortho intramolecular Hbond substituents is 1. The highest BCUT2D eigenvalue weighted by molar-refractivity contribution is 5.25. The fraction of sp³-hybridized carbons (Fsp3) is 0.538. The molecule has 0 heterocycles. The second kappa shape index (κ2) is 7.30. The van der Waals surface area contributed by atoms with Crippen molar-refractivity contribution in [2.75, 3.05) is 13.2 Å². The van der Waals surface area contributed by atoms with Gasteiger partial charge >= 0.3 is 0 Å². The van der Waals surface area contributed by atoms with Crippen LogP contribution in [0.1, 0.15) is 31.7 Å². The number of aromatic hydroxyl groups is 1. The van der Waals surface area contributed by atoms with Gasteiger partial charge in [-0.25, -0.2) is 0 Å². The first-order valence-electron chi connectivity index (χ1n) is 5.68. The Bertz CT molecular complexity index is 254. The molecule has 1 aromatic rings. The molecular formula is C13H20O2. The molecule has 2 nitrogen and oxygen atoms in total. The van der Waals surface area contributed by atoms with E-state index in [0.29, 0.717) is 5.75 Å². The molecule has 1 aromatic carbocycles. The molecule has 0 fully saturated rings. The van der Waals surface area contributed by atoms with Gasteiger partial charge in [0.25, 0.3) is 0 Å². The molecule has 0 amide bonds. The SMILES string of the molecule is CCOCCCCCc1ccc(O)cc1. The molecule has 0 saturated heterocycles. The van der Waals surface area contributed by atoms with Crippen molar-refractivity contribution >= 4 is 0 Å². The molecule has 0 aromatic heterocycles. The second-order valence-corrected chi connectivity index (χ2v) is 3.67. The summed E-state index contributed by atoms with van der Waals surface area (Å²) in [6.07, 6.45) is 4.64. The van der Waals surface area contributed by atoms with E-state index in [9.17, 15) is 0 Å². The molecule has 0 spiro atoms. The topological polar surface area (TPSA) is 29.5 Å². The Morgan fingerprint density at radius 1 is 1.07 bits per heavy atom. The fourth-order valence-electron chi connectivity index (χ4n) is 1.52. The van der Waals surface area contributed by atoms with Crippen LogP contribution in [0.25, 0.3) is 0 Å². The zero-order valence-electron chi connectivity index (χ0n) is 9.41. The van der Waals surface area contributed by atoms with Crippen molar-refractivity contribution in [2.24, 2.45) is 0 Å². The van der Waals surface area contributed by atoms with E-state index in [2.05, 4.69) is 0 Å². The summed E-state index contributed by atoms with van der Waals surface area (Å²) in [4.78, 5) is 0. The van der Waals surface area contributed by atoms with Crippen LogP contribution in [0.4, 0.5) is 0 Å². The van der Waals surface area contributed by atoms with Crippen LogP contribution in [-0.2, 0) is 11.2 Å². The first-order valence-corrected chi connectivity index (χ1v) is 5.68. The molecule has 0 radical (unpaired) electrons. The number of benzene rings is 1. The summed E-state index contributed by atoms with van der Waals surface area (Å²) >= 11 is 0. The Kier molecular flexibility index (Phi) is 5.86. The smallest absolute Gasteiger partial charge is 0.115 e. The van der Waals surface area contributed by atoms with Gasteiger partial charge in [-0.05, 0) is 43.9 Å². The van der Waals surface area contributed by atoms with Crippen LogP contribution in [0.5, 0.6) is 5.75 Å². The van der Waals surface area contributed by atoms with Crippen molar-refractivity contribution in [2.45, 2.75) is 32.6 Å². The lowest BCUT2D eigenvalue weighted by Gasteiger charge is -2.02. The standard InChI is InChI=1S/C13H20O2/c1-2-15-11-5-3-4-6-12-7-9-13(14)10-8-12/h7-10,14H,2-6,11H2,1H3. The van der Waals surface area contributed by atoms with E-state index in [1.54, 1.807) is 12.1 Å². The van der Waals surface area contributed by atoms with Crippen LogP contribution < -0.4 is 0 Å². The molecule has 2 heteroatoms. The Morgan fingerprint density at radius 2 is 1.80 bits per heavy atom. The van der Waals surface area contributed by atoms with Crippen molar-refractivity contribution < 1.29 is 9.84 Å². The Balaban J connectivity index is 2.07. The van der Waals surface area contributed by atoms with Crippen molar-refractivity contribution in [3.63, 3.8) is 0 Å². The molecule has 0 atom stereocenters. The van der Waals surface area contributed by atoms with Gasteiger partial charge in [-0.15, -0.1) is 0 Å². The maximum Gasteiger partial charge on any atom is 0.115 e. The van der Waals surface area contributed by atoms with E-state index in [1.807, 2.05) is 19.1 Å². The van der Waals surface area contributed by atoms with Gasteiger partial charge < -0.3 is 9.84 Å². The summed E-state index contributed by atoms with van der Waals surface area (Å²) < 4.78 is 5.27. The first kappa shape index (κ1) is 12.1. The number of unbranched alkanes of at least 4 members (excludes halogenated alkanes) is 2. The minimum atomic E-state index is 0.343. The summed E-state index contributed by atoms with van der Waals surface area (Å²) in [5.41, 5.74) is 1.30. The lowest BCUT2D eigenvalue weighted by molar-refractivity contribution is 0.143. The third-order valence-electron chi connectivity index (χ3n) is 2.39. The molecule has 1 N–H and O–H groups in total. The molecule has 0 aliphatic heterocycles. The van der Waals surface area contributed by atoms with Crippen LogP contribution in [0.15, 0.2) is 24.3 Å². The Labute approximate surface area is 91.9 Å². The van der Waals surface area contributed by atoms with Gasteiger partial charge in [-0.3, -0.25) is 0 Å². The maximum absolute atomic E-state index is 9.11. The summed E-state index contributed by atoms with van der Waals surface area (Å²) in [7, 11) is 0. The van der Waals surface area contributed by atoms with E-state index in [-0.39, 0.29) is 0 Å². The largest absolute Gasteiger partial charge is 0.508 e. The summed E-state index contributed by atoms with van der Waals surface area (Å²) in [6.45, 7) is 3.72. The number of hydrogen-bond acceptors (Lipinski definition) is 2. The molecule has 0 unspecified atom stereocenters. The van der Waals surface area contributed by atoms with Crippen LogP contribution in [0.3, 0.4) is 0 Å². The molecular weight excluding hydrogens is 188 g/mol. The number of rotatable bonds is 7. The van der Waals surface area contributed by atoms with Crippen LogP contribution in [-0.4, -0.2) is 18.3 Å². The molecule has 84 valence electrons. The van der Waals surface area contributed by atoms with E-state index < -0.39 is 0 Å². The van der Waals surface area contributed by atoms with Gasteiger partial charge in [-0.2, -0.15) is 0 Å². The fourth-order valence-corrected chi connectivity index (χ4v) is 1.52.